The lowest BCUT2D eigenvalue weighted by atomic mass is 9.35. The second kappa shape index (κ2) is 6.67. The molecule has 118 valence electrons. The summed E-state index contributed by atoms with van der Waals surface area (Å²) in [6.45, 7) is 15.9. The molecule has 2 saturated heterocycles. The first-order valence-electron chi connectivity index (χ1n) is 9.18. The number of hydrogen-bond acceptors (Lipinski definition) is 0. The van der Waals surface area contributed by atoms with Crippen molar-refractivity contribution in [3.8, 4) is 11.5 Å². The van der Waals surface area contributed by atoms with Gasteiger partial charge in [-0.1, -0.05) is 89.1 Å². The highest BCUT2D eigenvalue weighted by atomic mass is 28.3. The van der Waals surface area contributed by atoms with Gasteiger partial charge in [-0.3, -0.25) is 0 Å². The van der Waals surface area contributed by atoms with Crippen LogP contribution in [-0.4, -0.2) is 22.9 Å². The first-order valence-corrected chi connectivity index (χ1v) is 16.3. The van der Waals surface area contributed by atoms with Gasteiger partial charge in [-0.15, -0.1) is 11.5 Å². The minimum atomic E-state index is -1.21. The van der Waals surface area contributed by atoms with Crippen LogP contribution in [0.1, 0.15) is 38.5 Å². The zero-order valence-electron chi connectivity index (χ0n) is 15.3. The summed E-state index contributed by atoms with van der Waals surface area (Å²) < 4.78 is 0. The molecule has 0 radical (unpaired) electrons. The molecular weight excluding hydrogens is 283 g/mol. The van der Waals surface area contributed by atoms with Gasteiger partial charge >= 0.3 is 0 Å². The second-order valence-corrected chi connectivity index (χ2v) is 19.8. The van der Waals surface area contributed by atoms with Crippen molar-refractivity contribution >= 4 is 22.9 Å². The fourth-order valence-corrected chi connectivity index (χ4v) is 9.13. The molecule has 2 fully saturated rings. The zero-order valence-corrected chi connectivity index (χ0v) is 17.3. The number of fused-ring (bicyclic) bond motifs is 3. The fraction of sp³-hybridized carbons (Fsp3) is 0.889. The SMILES string of the molecule is C[Si](C)(C)C#CCB1C2CCCC(CCC2)[C@H]1[Si](C)(C)C. The fourth-order valence-electron chi connectivity index (χ4n) is 5.08. The Morgan fingerprint density at radius 2 is 1.48 bits per heavy atom. The highest BCUT2D eigenvalue weighted by molar-refractivity contribution is 6.90. The zero-order chi connectivity index (χ0) is 15.7. The molecule has 2 bridgehead atoms. The molecule has 1 atom stereocenters. The summed E-state index contributed by atoms with van der Waals surface area (Å²) in [6.07, 6.45) is 10.2. The maximum absolute atomic E-state index is 3.67. The summed E-state index contributed by atoms with van der Waals surface area (Å²) >= 11 is 0. The monoisotopic (exact) mass is 318 g/mol. The summed E-state index contributed by atoms with van der Waals surface area (Å²) in [6, 6.07) is 0. The van der Waals surface area contributed by atoms with E-state index in [2.05, 4.69) is 50.7 Å². The highest BCUT2D eigenvalue weighted by Gasteiger charge is 2.46. The van der Waals surface area contributed by atoms with Gasteiger partial charge in [0.05, 0.1) is 0 Å². The molecule has 0 aromatic heterocycles. The van der Waals surface area contributed by atoms with Crippen LogP contribution in [0.15, 0.2) is 0 Å². The highest BCUT2D eigenvalue weighted by Crippen LogP contribution is 2.51. The average molecular weight is 318 g/mol. The molecule has 0 aromatic rings. The van der Waals surface area contributed by atoms with Gasteiger partial charge in [0, 0.05) is 8.07 Å². The molecule has 2 aliphatic rings. The number of hydrogen-bond donors (Lipinski definition) is 0. The van der Waals surface area contributed by atoms with E-state index in [0.29, 0.717) is 0 Å². The van der Waals surface area contributed by atoms with Crippen molar-refractivity contribution in [1.29, 1.82) is 0 Å². The Morgan fingerprint density at radius 3 is 1.95 bits per heavy atom. The summed E-state index contributed by atoms with van der Waals surface area (Å²) in [7, 11) is -2.30. The first-order chi connectivity index (χ1) is 9.68. The molecule has 0 unspecified atom stereocenters. The molecule has 0 spiro atoms. The van der Waals surface area contributed by atoms with E-state index >= 15 is 0 Å². The van der Waals surface area contributed by atoms with E-state index in [-0.39, 0.29) is 0 Å². The molecule has 0 N–H and O–H groups in total. The van der Waals surface area contributed by atoms with E-state index < -0.39 is 16.1 Å². The molecule has 2 rings (SSSR count). The van der Waals surface area contributed by atoms with Crippen LogP contribution in [-0.2, 0) is 0 Å². The largest absolute Gasteiger partial charge is 0.157 e. The summed E-state index contributed by atoms with van der Waals surface area (Å²) in [5.74, 6) is 5.69. The van der Waals surface area contributed by atoms with E-state index in [4.69, 9.17) is 0 Å². The molecule has 0 aromatic carbocycles. The Balaban J connectivity index is 2.25. The maximum atomic E-state index is 3.67. The van der Waals surface area contributed by atoms with Crippen LogP contribution >= 0.6 is 0 Å². The quantitative estimate of drug-likeness (QED) is 0.435. The summed E-state index contributed by atoms with van der Waals surface area (Å²) in [4.78, 5) is 0. The Kier molecular flexibility index (Phi) is 5.53. The van der Waals surface area contributed by atoms with Crippen LogP contribution in [0.5, 0.6) is 0 Å². The van der Waals surface area contributed by atoms with E-state index in [1.54, 1.807) is 0 Å². The van der Waals surface area contributed by atoms with Gasteiger partial charge in [0.2, 0.25) is 0 Å². The van der Waals surface area contributed by atoms with E-state index in [0.717, 1.165) is 23.9 Å². The van der Waals surface area contributed by atoms with Gasteiger partial charge < -0.3 is 0 Å². The van der Waals surface area contributed by atoms with Gasteiger partial charge in [-0.25, -0.2) is 0 Å². The second-order valence-electron chi connectivity index (χ2n) is 9.69. The van der Waals surface area contributed by atoms with Gasteiger partial charge in [0.25, 0.3) is 0 Å². The first kappa shape index (κ1) is 17.4. The smallest absolute Gasteiger partial charge is 0.133 e. The van der Waals surface area contributed by atoms with Gasteiger partial charge in [0.1, 0.15) is 8.07 Å². The van der Waals surface area contributed by atoms with Crippen molar-refractivity contribution in [2.75, 3.05) is 0 Å². The summed E-state index contributed by atoms with van der Waals surface area (Å²) in [5.41, 5.74) is 4.68. The molecule has 2 aliphatic heterocycles. The van der Waals surface area contributed by atoms with Crippen molar-refractivity contribution in [3.63, 3.8) is 0 Å². The van der Waals surface area contributed by atoms with E-state index in [1.807, 2.05) is 0 Å². The lowest BCUT2D eigenvalue weighted by Gasteiger charge is -2.38. The molecule has 0 nitrogen and oxygen atoms in total. The molecule has 0 amide bonds. The average Bonchev–Trinajstić information content (AvgIpc) is 2.53. The molecule has 2 heterocycles. The van der Waals surface area contributed by atoms with Gasteiger partial charge in [-0.05, 0) is 12.2 Å². The molecule has 0 aliphatic carbocycles. The van der Waals surface area contributed by atoms with Gasteiger partial charge in [-0.2, -0.15) is 0 Å². The third-order valence-electron chi connectivity index (χ3n) is 5.68. The van der Waals surface area contributed by atoms with E-state index in [9.17, 15) is 0 Å². The van der Waals surface area contributed by atoms with Crippen LogP contribution < -0.4 is 0 Å². The van der Waals surface area contributed by atoms with Crippen molar-refractivity contribution < 1.29 is 0 Å². The molecule has 0 saturated carbocycles. The lowest BCUT2D eigenvalue weighted by Crippen LogP contribution is -2.43. The third-order valence-corrected chi connectivity index (χ3v) is 9.50. The van der Waals surface area contributed by atoms with E-state index in [1.165, 1.54) is 44.8 Å². The Bertz CT molecular complexity index is 398. The minimum Gasteiger partial charge on any atom is -0.133 e. The van der Waals surface area contributed by atoms with Crippen molar-refractivity contribution in [2.45, 2.75) is 95.4 Å². The van der Waals surface area contributed by atoms with Crippen molar-refractivity contribution in [3.05, 3.63) is 0 Å². The Hall–Kier alpha value is 0.0587. The van der Waals surface area contributed by atoms with Crippen LogP contribution in [0.3, 0.4) is 0 Å². The van der Waals surface area contributed by atoms with Crippen molar-refractivity contribution in [2.24, 2.45) is 5.92 Å². The Labute approximate surface area is 136 Å². The lowest BCUT2D eigenvalue weighted by molar-refractivity contribution is 0.411. The third kappa shape index (κ3) is 4.76. The standard InChI is InChI=1S/C18H35BSi2/c1-20(2,3)15-9-14-19-17-12-7-10-16(11-8-13-17)18(19)21(4,5)6/h16-18H,7-8,10-14H2,1-6H3/t16?,17?,18-/m1/s1. The molecular formula is C18H35BSi2. The maximum Gasteiger partial charge on any atom is 0.157 e. The topological polar surface area (TPSA) is 0 Å². The minimum absolute atomic E-state index is 0.926. The van der Waals surface area contributed by atoms with Crippen LogP contribution in [0.25, 0.3) is 0 Å². The molecule has 3 heteroatoms. The Morgan fingerprint density at radius 1 is 0.905 bits per heavy atom. The van der Waals surface area contributed by atoms with Crippen molar-refractivity contribution in [1.82, 2.24) is 0 Å². The van der Waals surface area contributed by atoms with Crippen LogP contribution in [0, 0.1) is 17.4 Å². The number of rotatable bonds is 2. The summed E-state index contributed by atoms with van der Waals surface area (Å²) in [5, 5.41) is 0. The van der Waals surface area contributed by atoms with Crippen LogP contribution in [0.4, 0.5) is 0 Å². The predicted octanol–water partition coefficient (Wildman–Crippen LogP) is 5.96. The normalized spacial score (nSPS) is 30.4. The van der Waals surface area contributed by atoms with Crippen LogP contribution in [0.2, 0.25) is 56.9 Å². The molecule has 21 heavy (non-hydrogen) atoms. The van der Waals surface area contributed by atoms with Gasteiger partial charge in [0.15, 0.2) is 6.71 Å². The predicted molar refractivity (Wildman–Crippen MR) is 104 cm³/mol.